The number of amides is 2. The van der Waals surface area contributed by atoms with Gasteiger partial charge in [0.15, 0.2) is 0 Å². The molecule has 10 heteroatoms. The summed E-state index contributed by atoms with van der Waals surface area (Å²) in [7, 11) is 0. The monoisotopic (exact) mass is 553 g/mol. The van der Waals surface area contributed by atoms with Gasteiger partial charge in [0, 0.05) is 29.1 Å². The molecule has 6 rings (SSSR count). The molecule has 2 atom stereocenters. The van der Waals surface area contributed by atoms with Gasteiger partial charge < -0.3 is 15.5 Å². The molecular weight excluding hydrogens is 526 g/mol. The van der Waals surface area contributed by atoms with E-state index in [2.05, 4.69) is 4.90 Å². The van der Waals surface area contributed by atoms with Crippen molar-refractivity contribution in [1.29, 1.82) is 0 Å². The van der Waals surface area contributed by atoms with Crippen LogP contribution in [-0.2, 0) is 27.6 Å². The van der Waals surface area contributed by atoms with Gasteiger partial charge in [0.05, 0.1) is 11.0 Å². The lowest BCUT2D eigenvalue weighted by atomic mass is 9.80. The van der Waals surface area contributed by atoms with E-state index in [4.69, 9.17) is 28.9 Å². The Morgan fingerprint density at radius 3 is 2.22 bits per heavy atom. The van der Waals surface area contributed by atoms with Gasteiger partial charge >= 0.3 is 6.18 Å². The Morgan fingerprint density at radius 2 is 1.73 bits per heavy atom. The smallest absolute Gasteiger partial charge is 0.368 e. The van der Waals surface area contributed by atoms with Crippen molar-refractivity contribution < 1.29 is 22.8 Å². The molecule has 2 amide bonds. The fourth-order valence-corrected chi connectivity index (χ4v) is 6.60. The average Bonchev–Trinajstić information content (AvgIpc) is 3.66. The number of rotatable bonds is 7. The lowest BCUT2D eigenvalue weighted by Crippen LogP contribution is -2.65. The summed E-state index contributed by atoms with van der Waals surface area (Å²) in [4.78, 5) is 31.3. The first-order chi connectivity index (χ1) is 17.5. The minimum Gasteiger partial charge on any atom is -0.368 e. The fraction of sp³-hybridized carbons (Fsp3) is 0.481. The van der Waals surface area contributed by atoms with Crippen LogP contribution in [0.15, 0.2) is 42.5 Å². The van der Waals surface area contributed by atoms with Crippen LogP contribution in [0.3, 0.4) is 0 Å². The molecule has 3 aliphatic heterocycles. The zero-order valence-corrected chi connectivity index (χ0v) is 21.6. The molecule has 4 aliphatic rings. The standard InChI is InChI=1S/C27H28Cl2F3N3O2/c28-19-5-6-20(21(29)14-19)26(9-10-26)25(37)35(23-15-34-11-7-17(23)8-12-34)22(24(33)36)13-16-1-3-18(4-2-16)27(30,31)32/h1-6,14,17,22-23H,7-13,15H2,(H2,33,36)/t22-,23?/m0/s1. The second-order valence-corrected chi connectivity index (χ2v) is 11.3. The van der Waals surface area contributed by atoms with Gasteiger partial charge in [0.2, 0.25) is 11.8 Å². The maximum absolute atomic E-state index is 14.4. The molecule has 198 valence electrons. The zero-order valence-electron chi connectivity index (χ0n) is 20.1. The molecule has 1 aliphatic carbocycles. The Kier molecular flexibility index (Phi) is 6.96. The summed E-state index contributed by atoms with van der Waals surface area (Å²) in [5.74, 6) is -0.659. The molecule has 2 aromatic carbocycles. The van der Waals surface area contributed by atoms with Gasteiger partial charge in [-0.05, 0) is 80.1 Å². The molecule has 1 unspecified atom stereocenters. The molecule has 0 spiro atoms. The summed E-state index contributed by atoms with van der Waals surface area (Å²) in [6, 6.07) is 8.53. The third kappa shape index (κ3) is 5.08. The van der Waals surface area contributed by atoms with Crippen LogP contribution in [0.5, 0.6) is 0 Å². The van der Waals surface area contributed by atoms with Crippen LogP contribution in [0.1, 0.15) is 42.4 Å². The molecule has 37 heavy (non-hydrogen) atoms. The Balaban J connectivity index is 1.52. The highest BCUT2D eigenvalue weighted by Gasteiger charge is 2.57. The van der Waals surface area contributed by atoms with Crippen molar-refractivity contribution in [3.63, 3.8) is 0 Å². The van der Waals surface area contributed by atoms with E-state index in [1.54, 1.807) is 23.1 Å². The van der Waals surface area contributed by atoms with Crippen LogP contribution in [0.25, 0.3) is 0 Å². The van der Waals surface area contributed by atoms with Crippen molar-refractivity contribution in [2.45, 2.75) is 55.8 Å². The number of carbonyl (C=O) groups excluding carboxylic acids is 2. The van der Waals surface area contributed by atoms with Crippen molar-refractivity contribution in [2.24, 2.45) is 11.7 Å². The van der Waals surface area contributed by atoms with E-state index in [1.807, 2.05) is 0 Å². The number of halogens is 5. The van der Waals surface area contributed by atoms with Crippen LogP contribution in [0.4, 0.5) is 13.2 Å². The van der Waals surface area contributed by atoms with Gasteiger partial charge in [-0.15, -0.1) is 0 Å². The summed E-state index contributed by atoms with van der Waals surface area (Å²) in [6.45, 7) is 2.52. The number of carbonyl (C=O) groups is 2. The Labute approximate surface area is 223 Å². The van der Waals surface area contributed by atoms with E-state index in [1.165, 1.54) is 12.1 Å². The van der Waals surface area contributed by atoms with Crippen LogP contribution >= 0.6 is 23.2 Å². The van der Waals surface area contributed by atoms with E-state index in [0.29, 0.717) is 40.6 Å². The Bertz CT molecular complexity index is 1190. The highest BCUT2D eigenvalue weighted by Crippen LogP contribution is 2.53. The molecule has 2 aromatic rings. The molecule has 1 saturated carbocycles. The summed E-state index contributed by atoms with van der Waals surface area (Å²) >= 11 is 12.6. The normalized spacial score (nSPS) is 24.9. The fourth-order valence-electron chi connectivity index (χ4n) is 6.01. The number of hydrogen-bond donors (Lipinski definition) is 1. The van der Waals surface area contributed by atoms with E-state index in [9.17, 15) is 22.8 Å². The minimum absolute atomic E-state index is 0.0346. The van der Waals surface area contributed by atoms with Crippen LogP contribution < -0.4 is 5.73 Å². The largest absolute Gasteiger partial charge is 0.416 e. The molecule has 3 saturated heterocycles. The number of nitrogens with two attached hydrogens (primary N) is 1. The van der Waals surface area contributed by atoms with Crippen molar-refractivity contribution >= 4 is 35.0 Å². The first-order valence-electron chi connectivity index (χ1n) is 12.5. The predicted molar refractivity (Wildman–Crippen MR) is 135 cm³/mol. The topological polar surface area (TPSA) is 66.6 Å². The van der Waals surface area contributed by atoms with Gasteiger partial charge in [-0.25, -0.2) is 0 Å². The Hall–Kier alpha value is -2.29. The zero-order chi connectivity index (χ0) is 26.5. The average molecular weight is 554 g/mol. The summed E-state index contributed by atoms with van der Waals surface area (Å²) in [5.41, 5.74) is 5.44. The third-order valence-electron chi connectivity index (χ3n) is 8.19. The maximum atomic E-state index is 14.4. The highest BCUT2D eigenvalue weighted by atomic mass is 35.5. The highest BCUT2D eigenvalue weighted by molar-refractivity contribution is 6.35. The second-order valence-electron chi connectivity index (χ2n) is 10.4. The molecule has 4 fully saturated rings. The quantitative estimate of drug-likeness (QED) is 0.521. The molecule has 2 N–H and O–H groups in total. The molecular formula is C27H28Cl2F3N3O2. The van der Waals surface area contributed by atoms with Gasteiger partial charge in [0.1, 0.15) is 6.04 Å². The van der Waals surface area contributed by atoms with Crippen LogP contribution in [0, 0.1) is 5.92 Å². The number of alkyl halides is 3. The number of nitrogens with zero attached hydrogens (tertiary/aromatic N) is 2. The van der Waals surface area contributed by atoms with Gasteiger partial charge in [0.25, 0.3) is 0 Å². The van der Waals surface area contributed by atoms with Gasteiger partial charge in [-0.3, -0.25) is 9.59 Å². The number of piperidine rings is 3. The lowest BCUT2D eigenvalue weighted by Gasteiger charge is -2.51. The minimum atomic E-state index is -4.46. The maximum Gasteiger partial charge on any atom is 0.416 e. The summed E-state index contributed by atoms with van der Waals surface area (Å²) < 4.78 is 39.2. The molecule has 0 aromatic heterocycles. The van der Waals surface area contributed by atoms with Gasteiger partial charge in [-0.1, -0.05) is 41.4 Å². The van der Waals surface area contributed by atoms with Crippen molar-refractivity contribution in [3.8, 4) is 0 Å². The molecule has 3 heterocycles. The van der Waals surface area contributed by atoms with E-state index in [-0.39, 0.29) is 24.3 Å². The van der Waals surface area contributed by atoms with E-state index >= 15 is 0 Å². The first kappa shape index (κ1) is 26.3. The van der Waals surface area contributed by atoms with E-state index < -0.39 is 29.1 Å². The number of hydrogen-bond acceptors (Lipinski definition) is 3. The molecule has 5 nitrogen and oxygen atoms in total. The van der Waals surface area contributed by atoms with Crippen LogP contribution in [0.2, 0.25) is 10.0 Å². The van der Waals surface area contributed by atoms with Gasteiger partial charge in [-0.2, -0.15) is 13.2 Å². The number of benzene rings is 2. The first-order valence-corrected chi connectivity index (χ1v) is 13.2. The van der Waals surface area contributed by atoms with Crippen molar-refractivity contribution in [2.75, 3.05) is 19.6 Å². The summed E-state index contributed by atoms with van der Waals surface area (Å²) in [6.07, 6.45) is -1.45. The van der Waals surface area contributed by atoms with Crippen molar-refractivity contribution in [3.05, 3.63) is 69.2 Å². The summed E-state index contributed by atoms with van der Waals surface area (Å²) in [5, 5.41) is 0.856. The molecule has 2 bridgehead atoms. The number of primary amides is 1. The van der Waals surface area contributed by atoms with Crippen LogP contribution in [-0.4, -0.2) is 53.3 Å². The lowest BCUT2D eigenvalue weighted by molar-refractivity contribution is -0.149. The number of fused-ring (bicyclic) bond motifs is 3. The molecule has 0 radical (unpaired) electrons. The van der Waals surface area contributed by atoms with E-state index in [0.717, 1.165) is 38.1 Å². The van der Waals surface area contributed by atoms with Crippen molar-refractivity contribution in [1.82, 2.24) is 9.80 Å². The third-order valence-corrected chi connectivity index (χ3v) is 8.74. The second kappa shape index (κ2) is 9.79. The Morgan fingerprint density at radius 1 is 1.08 bits per heavy atom. The SMILES string of the molecule is NC(=O)[C@H](Cc1ccc(C(F)(F)F)cc1)N(C(=O)C1(c2ccc(Cl)cc2Cl)CC1)C1CN2CCC1CC2. The predicted octanol–water partition coefficient (Wildman–Crippen LogP) is 5.06.